The van der Waals surface area contributed by atoms with E-state index in [0.29, 0.717) is 21.3 Å². The number of amides is 1. The second kappa shape index (κ2) is 8.61. The molecule has 0 radical (unpaired) electrons. The van der Waals surface area contributed by atoms with Crippen molar-refractivity contribution in [2.24, 2.45) is 0 Å². The molecule has 152 valence electrons. The second-order valence-electron chi connectivity index (χ2n) is 6.98. The van der Waals surface area contributed by atoms with Crippen molar-refractivity contribution in [1.29, 1.82) is 0 Å². The molecular weight excluding hydrogens is 389 g/mol. The third-order valence-corrected chi connectivity index (χ3v) is 5.75. The first-order valence-corrected chi connectivity index (χ1v) is 10.1. The summed E-state index contributed by atoms with van der Waals surface area (Å²) in [6, 6.07) is 10.6. The Morgan fingerprint density at radius 3 is 2.66 bits per heavy atom. The zero-order chi connectivity index (χ0) is 21.1. The van der Waals surface area contributed by atoms with Crippen LogP contribution in [-0.4, -0.2) is 18.0 Å². The molecule has 0 saturated carbocycles. The Morgan fingerprint density at radius 2 is 2.00 bits per heavy atom. The third kappa shape index (κ3) is 4.74. The fourth-order valence-corrected chi connectivity index (χ4v) is 3.94. The predicted molar refractivity (Wildman–Crippen MR) is 115 cm³/mol. The van der Waals surface area contributed by atoms with E-state index in [0.717, 1.165) is 5.56 Å². The molecule has 29 heavy (non-hydrogen) atoms. The van der Waals surface area contributed by atoms with E-state index >= 15 is 0 Å². The lowest BCUT2D eigenvalue weighted by Crippen LogP contribution is -2.28. The molecule has 0 saturated heterocycles. The molecule has 7 heteroatoms. The van der Waals surface area contributed by atoms with E-state index in [1.807, 2.05) is 26.0 Å². The number of nitrogens with one attached hydrogen (secondary N) is 1. The van der Waals surface area contributed by atoms with Crippen molar-refractivity contribution in [3.63, 3.8) is 0 Å². The van der Waals surface area contributed by atoms with Crippen molar-refractivity contribution in [2.45, 2.75) is 33.2 Å². The van der Waals surface area contributed by atoms with Crippen LogP contribution >= 0.6 is 11.3 Å². The molecule has 1 unspecified atom stereocenters. The van der Waals surface area contributed by atoms with Gasteiger partial charge in [0.2, 0.25) is 5.91 Å². The van der Waals surface area contributed by atoms with Gasteiger partial charge in [0.25, 0.3) is 0 Å². The number of nitrogen functional groups attached to an aromatic ring is 1. The summed E-state index contributed by atoms with van der Waals surface area (Å²) < 4.78 is 19.1. The summed E-state index contributed by atoms with van der Waals surface area (Å²) >= 11 is 1.23. The van der Waals surface area contributed by atoms with Gasteiger partial charge in [0.15, 0.2) is 16.7 Å². The van der Waals surface area contributed by atoms with E-state index in [2.05, 4.69) is 23.3 Å². The highest BCUT2D eigenvalue weighted by Gasteiger charge is 2.18. The second-order valence-corrected chi connectivity index (χ2v) is 8.10. The molecule has 0 bridgehead atoms. The number of carbonyl (C=O) groups excluding carboxylic acids is 1. The minimum Gasteiger partial charge on any atom is -0.494 e. The SMILES string of the molecule is COc1ccc(-c2nc(N)sc2CC(=O)NC(C)c2ccc(C)c(C)c2)cc1F. The molecule has 0 aliphatic rings. The minimum absolute atomic E-state index is 0.118. The molecule has 1 aromatic heterocycles. The van der Waals surface area contributed by atoms with Crippen molar-refractivity contribution in [3.8, 4) is 17.0 Å². The van der Waals surface area contributed by atoms with E-state index in [9.17, 15) is 9.18 Å². The average Bonchev–Trinajstić information content (AvgIpc) is 3.03. The fourth-order valence-electron chi connectivity index (χ4n) is 3.08. The zero-order valence-corrected chi connectivity index (χ0v) is 17.7. The largest absolute Gasteiger partial charge is 0.494 e. The Morgan fingerprint density at radius 1 is 1.24 bits per heavy atom. The standard InChI is InChI=1S/C22H24FN3O2S/c1-12-5-6-15(9-13(12)2)14(3)25-20(27)11-19-21(26-22(24)29-19)16-7-8-18(28-4)17(23)10-16/h5-10,14H,11H2,1-4H3,(H2,24,26)(H,25,27). The maximum absolute atomic E-state index is 14.1. The van der Waals surface area contributed by atoms with Crippen LogP contribution in [-0.2, 0) is 11.2 Å². The molecule has 3 rings (SSSR count). The minimum atomic E-state index is -0.490. The maximum atomic E-state index is 14.1. The lowest BCUT2D eigenvalue weighted by molar-refractivity contribution is -0.121. The van der Waals surface area contributed by atoms with Gasteiger partial charge in [-0.05, 0) is 55.7 Å². The predicted octanol–water partition coefficient (Wildman–Crippen LogP) is 4.58. The number of methoxy groups -OCH3 is 1. The van der Waals surface area contributed by atoms with Crippen molar-refractivity contribution in [1.82, 2.24) is 10.3 Å². The van der Waals surface area contributed by atoms with Crippen molar-refractivity contribution < 1.29 is 13.9 Å². The van der Waals surface area contributed by atoms with E-state index in [1.165, 1.54) is 41.7 Å². The van der Waals surface area contributed by atoms with Crippen LogP contribution in [0.15, 0.2) is 36.4 Å². The van der Waals surface area contributed by atoms with Crippen LogP contribution in [0.5, 0.6) is 5.75 Å². The number of benzene rings is 2. The number of aromatic nitrogens is 1. The topological polar surface area (TPSA) is 77.2 Å². The number of carbonyl (C=O) groups is 1. The first-order chi connectivity index (χ1) is 13.8. The van der Waals surface area contributed by atoms with Crippen LogP contribution in [0.3, 0.4) is 0 Å². The Balaban J connectivity index is 1.77. The number of anilines is 1. The number of ether oxygens (including phenoxy) is 1. The Kier molecular flexibility index (Phi) is 6.17. The summed E-state index contributed by atoms with van der Waals surface area (Å²) in [5.41, 5.74) is 10.4. The van der Waals surface area contributed by atoms with Crippen LogP contribution in [0.4, 0.5) is 9.52 Å². The van der Waals surface area contributed by atoms with Gasteiger partial charge in [-0.1, -0.05) is 18.2 Å². The summed E-state index contributed by atoms with van der Waals surface area (Å²) in [6.07, 6.45) is 0.118. The van der Waals surface area contributed by atoms with E-state index in [-0.39, 0.29) is 24.1 Å². The highest BCUT2D eigenvalue weighted by Crippen LogP contribution is 2.32. The van der Waals surface area contributed by atoms with Crippen molar-refractivity contribution in [2.75, 3.05) is 12.8 Å². The van der Waals surface area contributed by atoms with Gasteiger partial charge in [0, 0.05) is 10.4 Å². The summed E-state index contributed by atoms with van der Waals surface area (Å²) in [4.78, 5) is 17.6. The monoisotopic (exact) mass is 413 g/mol. The van der Waals surface area contributed by atoms with Gasteiger partial charge in [-0.2, -0.15) is 0 Å². The van der Waals surface area contributed by atoms with Crippen LogP contribution in [0, 0.1) is 19.7 Å². The zero-order valence-electron chi connectivity index (χ0n) is 16.9. The van der Waals surface area contributed by atoms with Gasteiger partial charge in [-0.25, -0.2) is 9.37 Å². The van der Waals surface area contributed by atoms with Crippen molar-refractivity contribution >= 4 is 22.4 Å². The first kappa shape index (κ1) is 20.8. The van der Waals surface area contributed by atoms with Gasteiger partial charge >= 0.3 is 0 Å². The van der Waals surface area contributed by atoms with Crippen LogP contribution in [0.25, 0.3) is 11.3 Å². The number of hydrogen-bond acceptors (Lipinski definition) is 5. The van der Waals surface area contributed by atoms with E-state index in [1.54, 1.807) is 6.07 Å². The Labute approximate surface area is 173 Å². The Bertz CT molecular complexity index is 1050. The molecule has 1 atom stereocenters. The molecular formula is C22H24FN3O2S. The molecule has 0 spiro atoms. The average molecular weight is 414 g/mol. The number of aryl methyl sites for hydroxylation is 2. The molecule has 1 heterocycles. The quantitative estimate of drug-likeness (QED) is 0.620. The lowest BCUT2D eigenvalue weighted by atomic mass is 10.0. The van der Waals surface area contributed by atoms with Gasteiger partial charge in [-0.15, -0.1) is 11.3 Å². The molecule has 1 amide bonds. The number of hydrogen-bond donors (Lipinski definition) is 2. The van der Waals surface area contributed by atoms with Crippen LogP contribution < -0.4 is 15.8 Å². The number of thiazole rings is 1. The highest BCUT2D eigenvalue weighted by molar-refractivity contribution is 7.15. The van der Waals surface area contributed by atoms with Gasteiger partial charge in [-0.3, -0.25) is 4.79 Å². The Hall–Kier alpha value is -2.93. The van der Waals surface area contributed by atoms with E-state index in [4.69, 9.17) is 10.5 Å². The molecule has 0 aliphatic carbocycles. The van der Waals surface area contributed by atoms with E-state index < -0.39 is 5.82 Å². The number of halogens is 1. The van der Waals surface area contributed by atoms with Crippen LogP contribution in [0.2, 0.25) is 0 Å². The van der Waals surface area contributed by atoms with Gasteiger partial charge in [0.1, 0.15) is 0 Å². The summed E-state index contributed by atoms with van der Waals surface area (Å²) in [7, 11) is 1.41. The highest BCUT2D eigenvalue weighted by atomic mass is 32.1. The lowest BCUT2D eigenvalue weighted by Gasteiger charge is -2.16. The summed E-state index contributed by atoms with van der Waals surface area (Å²) in [6.45, 7) is 6.05. The molecule has 5 nitrogen and oxygen atoms in total. The van der Waals surface area contributed by atoms with Gasteiger partial charge in [0.05, 0.1) is 25.3 Å². The fraction of sp³-hybridized carbons (Fsp3) is 0.273. The number of nitrogens with two attached hydrogens (primary N) is 1. The van der Waals surface area contributed by atoms with Crippen LogP contribution in [0.1, 0.15) is 34.5 Å². The normalized spacial score (nSPS) is 11.9. The molecule has 0 fully saturated rings. The number of nitrogens with zero attached hydrogens (tertiary/aromatic N) is 1. The molecule has 3 N–H and O–H groups in total. The smallest absolute Gasteiger partial charge is 0.225 e. The molecule has 0 aliphatic heterocycles. The maximum Gasteiger partial charge on any atom is 0.225 e. The number of rotatable bonds is 6. The van der Waals surface area contributed by atoms with Crippen molar-refractivity contribution in [3.05, 3.63) is 63.8 Å². The first-order valence-electron chi connectivity index (χ1n) is 9.24. The molecule has 2 aromatic carbocycles. The van der Waals surface area contributed by atoms with Gasteiger partial charge < -0.3 is 15.8 Å². The summed E-state index contributed by atoms with van der Waals surface area (Å²) in [5.74, 6) is -0.483. The third-order valence-electron chi connectivity index (χ3n) is 4.87. The molecule has 3 aromatic rings. The summed E-state index contributed by atoms with van der Waals surface area (Å²) in [5, 5.41) is 3.35.